The van der Waals surface area contributed by atoms with E-state index in [9.17, 15) is 18.0 Å². The van der Waals surface area contributed by atoms with E-state index >= 15 is 0 Å². The number of fused-ring (bicyclic) bond motifs is 1. The summed E-state index contributed by atoms with van der Waals surface area (Å²) in [4.78, 5) is 30.0. The van der Waals surface area contributed by atoms with E-state index < -0.39 is 28.5 Å². The van der Waals surface area contributed by atoms with Crippen LogP contribution in [0.3, 0.4) is 0 Å². The highest BCUT2D eigenvalue weighted by Gasteiger charge is 2.34. The van der Waals surface area contributed by atoms with Crippen LogP contribution in [0.25, 0.3) is 10.8 Å². The van der Waals surface area contributed by atoms with Crippen LogP contribution in [0.2, 0.25) is 0 Å². The van der Waals surface area contributed by atoms with Crippen molar-refractivity contribution in [3.63, 3.8) is 0 Å². The van der Waals surface area contributed by atoms with Gasteiger partial charge in [0.25, 0.3) is 0 Å². The lowest BCUT2D eigenvalue weighted by Gasteiger charge is -2.35. The SMILES string of the molecule is CS(=O)(=O)N(CC(=O)N(Cc1ccccc1)[C@H](Cc1ccccc1)C(=O)NC1CCCCC1)c1cccc2ccccc12. The molecule has 1 aliphatic rings. The van der Waals surface area contributed by atoms with Gasteiger partial charge >= 0.3 is 0 Å². The molecule has 0 saturated heterocycles. The molecule has 0 bridgehead atoms. The summed E-state index contributed by atoms with van der Waals surface area (Å²) in [5.74, 6) is -0.655. The zero-order valence-electron chi connectivity index (χ0n) is 24.6. The van der Waals surface area contributed by atoms with E-state index in [1.165, 1.54) is 0 Å². The largest absolute Gasteiger partial charge is 0.352 e. The monoisotopic (exact) mass is 597 g/mol. The smallest absolute Gasteiger partial charge is 0.244 e. The number of carbonyl (C=O) groups is 2. The Balaban J connectivity index is 1.53. The lowest BCUT2D eigenvalue weighted by atomic mass is 9.94. The van der Waals surface area contributed by atoms with E-state index in [-0.39, 0.29) is 18.5 Å². The summed E-state index contributed by atoms with van der Waals surface area (Å²) in [5, 5.41) is 4.84. The van der Waals surface area contributed by atoms with Crippen molar-refractivity contribution in [2.24, 2.45) is 0 Å². The molecule has 0 aromatic heterocycles. The predicted molar refractivity (Wildman–Crippen MR) is 172 cm³/mol. The van der Waals surface area contributed by atoms with Crippen molar-refractivity contribution in [3.05, 3.63) is 114 Å². The molecular weight excluding hydrogens is 558 g/mol. The second kappa shape index (κ2) is 13.9. The number of nitrogens with zero attached hydrogens (tertiary/aromatic N) is 2. The number of sulfonamides is 1. The molecule has 0 aliphatic heterocycles. The topological polar surface area (TPSA) is 86.8 Å². The third kappa shape index (κ3) is 7.82. The van der Waals surface area contributed by atoms with E-state index in [1.54, 1.807) is 17.0 Å². The van der Waals surface area contributed by atoms with Crippen molar-refractivity contribution < 1.29 is 18.0 Å². The van der Waals surface area contributed by atoms with Gasteiger partial charge in [0.15, 0.2) is 0 Å². The van der Waals surface area contributed by atoms with Crippen molar-refractivity contribution in [2.45, 2.75) is 57.2 Å². The number of rotatable bonds is 11. The molecule has 2 amide bonds. The Morgan fingerprint density at radius 1 is 0.791 bits per heavy atom. The highest BCUT2D eigenvalue weighted by atomic mass is 32.2. The molecule has 0 unspecified atom stereocenters. The molecule has 0 radical (unpaired) electrons. The van der Waals surface area contributed by atoms with Crippen molar-refractivity contribution in [1.82, 2.24) is 10.2 Å². The quantitative estimate of drug-likeness (QED) is 0.241. The van der Waals surface area contributed by atoms with E-state index in [1.807, 2.05) is 91.0 Å². The molecule has 1 aliphatic carbocycles. The van der Waals surface area contributed by atoms with E-state index in [4.69, 9.17) is 0 Å². The van der Waals surface area contributed by atoms with Crippen LogP contribution >= 0.6 is 0 Å². The molecular formula is C35H39N3O4S. The molecule has 5 rings (SSSR count). The maximum atomic E-state index is 14.4. The van der Waals surface area contributed by atoms with Gasteiger partial charge in [-0.15, -0.1) is 0 Å². The first-order chi connectivity index (χ1) is 20.8. The third-order valence-electron chi connectivity index (χ3n) is 8.13. The summed E-state index contributed by atoms with van der Waals surface area (Å²) in [5.41, 5.74) is 2.21. The molecule has 7 nitrogen and oxygen atoms in total. The van der Waals surface area contributed by atoms with Crippen LogP contribution in [0.1, 0.15) is 43.2 Å². The molecule has 4 aromatic rings. The number of benzene rings is 4. The van der Waals surface area contributed by atoms with Crippen LogP contribution in [-0.2, 0) is 32.6 Å². The van der Waals surface area contributed by atoms with Crippen molar-refractivity contribution >= 4 is 38.3 Å². The van der Waals surface area contributed by atoms with Crippen LogP contribution in [0, 0.1) is 0 Å². The maximum absolute atomic E-state index is 14.4. The van der Waals surface area contributed by atoms with Gasteiger partial charge in [0.05, 0.1) is 11.9 Å². The van der Waals surface area contributed by atoms with Crippen LogP contribution in [0.5, 0.6) is 0 Å². The first-order valence-electron chi connectivity index (χ1n) is 14.9. The lowest BCUT2D eigenvalue weighted by molar-refractivity contribution is -0.140. The Morgan fingerprint density at radius 2 is 1.40 bits per heavy atom. The number of hydrogen-bond acceptors (Lipinski definition) is 4. The molecule has 0 spiro atoms. The summed E-state index contributed by atoms with van der Waals surface area (Å²) < 4.78 is 27.6. The van der Waals surface area contributed by atoms with Crippen molar-refractivity contribution in [1.29, 1.82) is 0 Å². The average Bonchev–Trinajstić information content (AvgIpc) is 3.02. The number of amides is 2. The van der Waals surface area contributed by atoms with Crippen LogP contribution in [0.15, 0.2) is 103 Å². The van der Waals surface area contributed by atoms with Crippen molar-refractivity contribution in [3.8, 4) is 0 Å². The fourth-order valence-electron chi connectivity index (χ4n) is 5.90. The predicted octanol–water partition coefficient (Wildman–Crippen LogP) is 5.69. The normalized spacial score (nSPS) is 14.6. The first kappa shape index (κ1) is 30.3. The molecule has 0 heterocycles. The Hall–Kier alpha value is -4.17. The lowest BCUT2D eigenvalue weighted by Crippen LogP contribution is -2.55. The summed E-state index contributed by atoms with van der Waals surface area (Å²) >= 11 is 0. The van der Waals surface area contributed by atoms with Crippen LogP contribution in [0.4, 0.5) is 5.69 Å². The second-order valence-electron chi connectivity index (χ2n) is 11.3. The van der Waals surface area contributed by atoms with Gasteiger partial charge < -0.3 is 10.2 Å². The van der Waals surface area contributed by atoms with Crippen LogP contribution in [-0.4, -0.2) is 50.0 Å². The molecule has 8 heteroatoms. The zero-order valence-corrected chi connectivity index (χ0v) is 25.4. The van der Waals surface area contributed by atoms with E-state index in [0.29, 0.717) is 12.1 Å². The highest BCUT2D eigenvalue weighted by molar-refractivity contribution is 7.92. The molecule has 1 saturated carbocycles. The Labute approximate surface area is 254 Å². The Bertz CT molecular complexity index is 1630. The first-order valence-corrected chi connectivity index (χ1v) is 16.8. The summed E-state index contributed by atoms with van der Waals surface area (Å²) in [6, 6.07) is 31.3. The highest BCUT2D eigenvalue weighted by Crippen LogP contribution is 2.29. The molecule has 224 valence electrons. The summed E-state index contributed by atoms with van der Waals surface area (Å²) in [6.07, 6.45) is 6.54. The minimum atomic E-state index is -3.85. The maximum Gasteiger partial charge on any atom is 0.244 e. The standard InChI is InChI=1S/C35H39N3O4S/c1-43(41,42)38(32-23-13-19-29-18-11-12-22-31(29)32)26-34(39)37(25-28-16-7-3-8-17-28)33(24-27-14-5-2-6-15-27)35(40)36-30-20-9-4-10-21-30/h2-3,5-8,11-19,22-23,30,33H,4,9-10,20-21,24-26H2,1H3,(H,36,40)/t33-/m1/s1. The third-order valence-corrected chi connectivity index (χ3v) is 9.26. The second-order valence-corrected chi connectivity index (χ2v) is 13.2. The van der Waals surface area contributed by atoms with Gasteiger partial charge in [-0.2, -0.15) is 0 Å². The molecule has 1 fully saturated rings. The molecule has 4 aromatic carbocycles. The Kier molecular flexibility index (Phi) is 9.77. The van der Waals surface area contributed by atoms with Gasteiger partial charge in [-0.25, -0.2) is 8.42 Å². The fraction of sp³-hybridized carbons (Fsp3) is 0.314. The number of carbonyl (C=O) groups excluding carboxylic acids is 2. The summed E-state index contributed by atoms with van der Waals surface area (Å²) in [7, 11) is -3.85. The van der Waals surface area contributed by atoms with E-state index in [2.05, 4.69) is 5.32 Å². The van der Waals surface area contributed by atoms with E-state index in [0.717, 1.165) is 64.6 Å². The van der Waals surface area contributed by atoms with Crippen LogP contribution < -0.4 is 9.62 Å². The zero-order chi connectivity index (χ0) is 30.2. The number of nitrogens with one attached hydrogen (secondary N) is 1. The van der Waals surface area contributed by atoms with Gasteiger partial charge in [0.1, 0.15) is 12.6 Å². The van der Waals surface area contributed by atoms with Crippen molar-refractivity contribution in [2.75, 3.05) is 17.1 Å². The van der Waals surface area contributed by atoms with Gasteiger partial charge in [0, 0.05) is 24.4 Å². The average molecular weight is 598 g/mol. The number of hydrogen-bond donors (Lipinski definition) is 1. The minimum Gasteiger partial charge on any atom is -0.352 e. The van der Waals surface area contributed by atoms with Gasteiger partial charge in [-0.05, 0) is 35.4 Å². The minimum absolute atomic E-state index is 0.0661. The molecule has 1 atom stereocenters. The molecule has 43 heavy (non-hydrogen) atoms. The van der Waals surface area contributed by atoms with Gasteiger partial charge in [-0.1, -0.05) is 116 Å². The van der Waals surface area contributed by atoms with Gasteiger partial charge in [0.2, 0.25) is 21.8 Å². The fourth-order valence-corrected chi connectivity index (χ4v) is 6.76. The number of anilines is 1. The van der Waals surface area contributed by atoms with Gasteiger partial charge in [-0.3, -0.25) is 13.9 Å². The Morgan fingerprint density at radius 3 is 2.07 bits per heavy atom. The summed E-state index contributed by atoms with van der Waals surface area (Å²) in [6.45, 7) is -0.260. The molecule has 1 N–H and O–H groups in total.